The van der Waals surface area contributed by atoms with Gasteiger partial charge in [0, 0.05) is 17.6 Å². The van der Waals surface area contributed by atoms with E-state index in [1.54, 1.807) is 6.20 Å². The van der Waals surface area contributed by atoms with Crippen molar-refractivity contribution in [2.75, 3.05) is 0 Å². The largest absolute Gasteiger partial charge is 0.256 e. The molecule has 1 aromatic carbocycles. The van der Waals surface area contributed by atoms with E-state index in [1.165, 1.54) is 0 Å². The second-order valence-electron chi connectivity index (χ2n) is 5.64. The van der Waals surface area contributed by atoms with E-state index in [0.717, 1.165) is 16.5 Å². The fourth-order valence-corrected chi connectivity index (χ4v) is 2.70. The van der Waals surface area contributed by atoms with Crippen molar-refractivity contribution in [2.24, 2.45) is 0 Å². The summed E-state index contributed by atoms with van der Waals surface area (Å²) in [5, 5.41) is 1.11. The van der Waals surface area contributed by atoms with Gasteiger partial charge in [0.1, 0.15) is 0 Å². The number of benzene rings is 1. The molecule has 0 amide bonds. The molecule has 1 N–H and O–H groups in total. The summed E-state index contributed by atoms with van der Waals surface area (Å²) in [6, 6.07) is 10.0. The number of fused-ring (bicyclic) bond motifs is 1. The summed E-state index contributed by atoms with van der Waals surface area (Å²) in [6.07, 6.45) is 1.80. The highest BCUT2D eigenvalue weighted by atomic mass is 32.2. The van der Waals surface area contributed by atoms with Gasteiger partial charge in [-0.15, -0.1) is 0 Å². The Morgan fingerprint density at radius 2 is 1.89 bits per heavy atom. The van der Waals surface area contributed by atoms with Crippen molar-refractivity contribution in [3.8, 4) is 0 Å². The standard InChI is InChI=1S/C15H20N2OS/c1-11(17-19(18)15(2,3)4)12-9-10-16-14-8-6-5-7-13(12)14/h5-11,17H,1-4H3/t11?,19-/m1/s1. The molecule has 0 saturated heterocycles. The van der Waals surface area contributed by atoms with Crippen LogP contribution in [0.1, 0.15) is 39.3 Å². The predicted octanol–water partition coefficient (Wildman–Crippen LogP) is 3.35. The Kier molecular flexibility index (Phi) is 4.02. The van der Waals surface area contributed by atoms with Crippen LogP contribution in [0.2, 0.25) is 0 Å². The second-order valence-corrected chi connectivity index (χ2v) is 7.64. The molecule has 0 aliphatic carbocycles. The first-order valence-electron chi connectivity index (χ1n) is 6.41. The van der Waals surface area contributed by atoms with Gasteiger partial charge < -0.3 is 0 Å². The van der Waals surface area contributed by atoms with E-state index in [9.17, 15) is 4.21 Å². The van der Waals surface area contributed by atoms with Crippen LogP contribution in [0.25, 0.3) is 10.9 Å². The van der Waals surface area contributed by atoms with Gasteiger partial charge >= 0.3 is 0 Å². The first kappa shape index (κ1) is 14.2. The van der Waals surface area contributed by atoms with E-state index in [0.29, 0.717) is 0 Å². The highest BCUT2D eigenvalue weighted by Crippen LogP contribution is 2.23. The van der Waals surface area contributed by atoms with Gasteiger partial charge in [0.05, 0.1) is 21.2 Å². The summed E-state index contributed by atoms with van der Waals surface area (Å²) in [6.45, 7) is 7.93. The zero-order chi connectivity index (χ0) is 14.0. The minimum Gasteiger partial charge on any atom is -0.256 e. The van der Waals surface area contributed by atoms with Gasteiger partial charge in [-0.05, 0) is 45.4 Å². The van der Waals surface area contributed by atoms with Gasteiger partial charge in [0.25, 0.3) is 0 Å². The van der Waals surface area contributed by atoms with Crippen molar-refractivity contribution in [1.82, 2.24) is 9.71 Å². The van der Waals surface area contributed by atoms with Gasteiger partial charge in [-0.2, -0.15) is 0 Å². The third-order valence-electron chi connectivity index (χ3n) is 2.99. The van der Waals surface area contributed by atoms with Gasteiger partial charge in [-0.25, -0.2) is 8.93 Å². The fraction of sp³-hybridized carbons (Fsp3) is 0.400. The summed E-state index contributed by atoms with van der Waals surface area (Å²) >= 11 is 0. The number of nitrogens with zero attached hydrogens (tertiary/aromatic N) is 1. The maximum atomic E-state index is 12.2. The molecule has 0 radical (unpaired) electrons. The van der Waals surface area contributed by atoms with Crippen LogP contribution in [-0.4, -0.2) is 13.9 Å². The molecule has 2 aromatic rings. The molecular formula is C15H20N2OS. The Morgan fingerprint density at radius 3 is 2.58 bits per heavy atom. The summed E-state index contributed by atoms with van der Waals surface area (Å²) < 4.78 is 15.1. The van der Waals surface area contributed by atoms with Crippen LogP contribution in [0.4, 0.5) is 0 Å². The molecule has 1 aromatic heterocycles. The predicted molar refractivity (Wildman–Crippen MR) is 81.2 cm³/mol. The molecule has 102 valence electrons. The summed E-state index contributed by atoms with van der Waals surface area (Å²) in [5.41, 5.74) is 2.10. The third-order valence-corrected chi connectivity index (χ3v) is 4.67. The molecule has 4 heteroatoms. The first-order valence-corrected chi connectivity index (χ1v) is 7.56. The van der Waals surface area contributed by atoms with Gasteiger partial charge in [-0.1, -0.05) is 18.2 Å². The molecule has 0 spiro atoms. The average molecular weight is 276 g/mol. The topological polar surface area (TPSA) is 42.0 Å². The number of aromatic nitrogens is 1. The van der Waals surface area contributed by atoms with Crippen LogP contribution in [0.15, 0.2) is 36.5 Å². The maximum absolute atomic E-state index is 12.2. The molecule has 0 aliphatic rings. The fourth-order valence-electron chi connectivity index (χ4n) is 1.90. The van der Waals surface area contributed by atoms with Crippen molar-refractivity contribution in [3.63, 3.8) is 0 Å². The zero-order valence-corrected chi connectivity index (χ0v) is 12.6. The zero-order valence-electron chi connectivity index (χ0n) is 11.8. The van der Waals surface area contributed by atoms with Crippen molar-refractivity contribution >= 4 is 21.9 Å². The number of hydrogen-bond acceptors (Lipinski definition) is 2. The average Bonchev–Trinajstić information content (AvgIpc) is 2.36. The van der Waals surface area contributed by atoms with Crippen molar-refractivity contribution in [1.29, 1.82) is 0 Å². The smallest absolute Gasteiger partial charge is 0.0975 e. The van der Waals surface area contributed by atoms with E-state index in [1.807, 2.05) is 52.0 Å². The maximum Gasteiger partial charge on any atom is 0.0975 e. The van der Waals surface area contributed by atoms with Crippen LogP contribution in [0.3, 0.4) is 0 Å². The monoisotopic (exact) mass is 276 g/mol. The lowest BCUT2D eigenvalue weighted by Gasteiger charge is -2.22. The van der Waals surface area contributed by atoms with Crippen LogP contribution < -0.4 is 4.72 Å². The Bertz CT molecular complexity index is 599. The number of para-hydroxylation sites is 1. The quantitative estimate of drug-likeness (QED) is 0.934. The molecule has 2 rings (SSSR count). The molecule has 1 unspecified atom stereocenters. The normalized spacial score (nSPS) is 15.4. The van der Waals surface area contributed by atoms with Crippen molar-refractivity contribution in [2.45, 2.75) is 38.5 Å². The van der Waals surface area contributed by atoms with E-state index < -0.39 is 11.0 Å². The van der Waals surface area contributed by atoms with Gasteiger partial charge in [0.15, 0.2) is 0 Å². The summed E-state index contributed by atoms with van der Waals surface area (Å²) in [5.74, 6) is 0. The van der Waals surface area contributed by atoms with Crippen LogP contribution >= 0.6 is 0 Å². The molecule has 0 fully saturated rings. The van der Waals surface area contributed by atoms with Crippen molar-refractivity contribution in [3.05, 3.63) is 42.1 Å². The first-order chi connectivity index (χ1) is 8.89. The Labute approximate surface area is 117 Å². The van der Waals surface area contributed by atoms with E-state index >= 15 is 0 Å². The third kappa shape index (κ3) is 3.19. The SMILES string of the molecule is CC(N[S@](=O)C(C)(C)C)c1ccnc2ccccc12. The van der Waals surface area contributed by atoms with E-state index in [2.05, 4.69) is 15.8 Å². The molecule has 19 heavy (non-hydrogen) atoms. The van der Waals surface area contributed by atoms with E-state index in [4.69, 9.17) is 0 Å². The molecule has 0 aliphatic heterocycles. The lowest BCUT2D eigenvalue weighted by Crippen LogP contribution is -2.34. The Balaban J connectivity index is 2.32. The highest BCUT2D eigenvalue weighted by molar-refractivity contribution is 7.84. The highest BCUT2D eigenvalue weighted by Gasteiger charge is 2.22. The number of nitrogens with one attached hydrogen (secondary N) is 1. The minimum absolute atomic E-state index is 0.0213. The summed E-state index contributed by atoms with van der Waals surface area (Å²) in [7, 11) is -1.08. The van der Waals surface area contributed by atoms with Gasteiger partial charge in [-0.3, -0.25) is 4.98 Å². The molecule has 2 atom stereocenters. The number of rotatable bonds is 3. The summed E-state index contributed by atoms with van der Waals surface area (Å²) in [4.78, 5) is 4.35. The van der Waals surface area contributed by atoms with Crippen molar-refractivity contribution < 1.29 is 4.21 Å². The Hall–Kier alpha value is -1.26. The lowest BCUT2D eigenvalue weighted by atomic mass is 10.0. The second kappa shape index (κ2) is 5.39. The molecule has 0 saturated carbocycles. The minimum atomic E-state index is -1.08. The molecule has 0 bridgehead atoms. The Morgan fingerprint density at radius 1 is 1.21 bits per heavy atom. The molecule has 1 heterocycles. The molecular weight excluding hydrogens is 256 g/mol. The van der Waals surface area contributed by atoms with Crippen LogP contribution in [0, 0.1) is 0 Å². The van der Waals surface area contributed by atoms with Gasteiger partial charge in [0.2, 0.25) is 0 Å². The van der Waals surface area contributed by atoms with Crippen LogP contribution in [-0.2, 0) is 11.0 Å². The number of pyridine rings is 1. The number of hydrogen-bond donors (Lipinski definition) is 1. The van der Waals surface area contributed by atoms with Crippen LogP contribution in [0.5, 0.6) is 0 Å². The molecule has 3 nitrogen and oxygen atoms in total. The lowest BCUT2D eigenvalue weighted by molar-refractivity contribution is 0.617. The van der Waals surface area contributed by atoms with E-state index in [-0.39, 0.29) is 10.8 Å².